The van der Waals surface area contributed by atoms with Gasteiger partial charge >= 0.3 is 0 Å². The number of hydrogen-bond acceptors (Lipinski definition) is 6. The maximum absolute atomic E-state index is 13.0. The lowest BCUT2D eigenvalue weighted by Gasteiger charge is -2.26. The van der Waals surface area contributed by atoms with Crippen LogP contribution in [0.4, 0.5) is 0 Å². The summed E-state index contributed by atoms with van der Waals surface area (Å²) in [5.41, 5.74) is 3.05. The van der Waals surface area contributed by atoms with Crippen LogP contribution in [0.2, 0.25) is 5.02 Å². The molecule has 1 fully saturated rings. The Balaban J connectivity index is 1.27. The highest BCUT2D eigenvalue weighted by atomic mass is 35.5. The average Bonchev–Trinajstić information content (AvgIpc) is 3.49. The number of aromatic nitrogens is 1. The largest absolute Gasteiger partial charge is 0.378 e. The van der Waals surface area contributed by atoms with Gasteiger partial charge in [0.2, 0.25) is 11.1 Å². The third-order valence-electron chi connectivity index (χ3n) is 6.55. The second-order valence-corrected chi connectivity index (χ2v) is 10.5. The Hall–Kier alpha value is -3.73. The molecule has 1 aromatic heterocycles. The summed E-state index contributed by atoms with van der Waals surface area (Å²) in [6.07, 6.45) is 3.77. The molecule has 3 aromatic rings. The topological polar surface area (TPSA) is 103 Å². The van der Waals surface area contributed by atoms with E-state index in [0.717, 1.165) is 33.8 Å². The molecule has 1 saturated heterocycles. The number of fused-ring (bicyclic) bond motifs is 2. The summed E-state index contributed by atoms with van der Waals surface area (Å²) in [5.74, 6) is -0.614. The van der Waals surface area contributed by atoms with Gasteiger partial charge in [0.15, 0.2) is 5.84 Å². The molecule has 38 heavy (non-hydrogen) atoms. The van der Waals surface area contributed by atoms with Gasteiger partial charge in [-0.2, -0.15) is 15.1 Å². The van der Waals surface area contributed by atoms with Crippen LogP contribution < -0.4 is 0 Å². The smallest absolute Gasteiger partial charge is 0.283 e. The summed E-state index contributed by atoms with van der Waals surface area (Å²) in [6.45, 7) is 2.77. The zero-order valence-corrected chi connectivity index (χ0v) is 21.8. The number of nitrogens with zero attached hydrogens (tertiary/aromatic N) is 5. The molecular weight excluding hydrogens is 524 g/mol. The number of carbonyl (C=O) groups excluding carboxylic acids is 2. The maximum Gasteiger partial charge on any atom is 0.283 e. The van der Waals surface area contributed by atoms with E-state index >= 15 is 0 Å². The summed E-state index contributed by atoms with van der Waals surface area (Å²) in [5, 5.41) is 17.0. The third kappa shape index (κ3) is 4.78. The molecule has 192 valence electrons. The number of amidine groups is 2. The van der Waals surface area contributed by atoms with Crippen LogP contribution in [0.1, 0.15) is 17.5 Å². The highest BCUT2D eigenvalue weighted by Gasteiger charge is 2.36. The predicted molar refractivity (Wildman–Crippen MR) is 150 cm³/mol. The minimum Gasteiger partial charge on any atom is -0.378 e. The Morgan fingerprint density at radius 2 is 1.89 bits per heavy atom. The lowest BCUT2D eigenvalue weighted by molar-refractivity contribution is -0.133. The summed E-state index contributed by atoms with van der Waals surface area (Å²) in [4.78, 5) is 31.6. The van der Waals surface area contributed by atoms with E-state index in [-0.39, 0.29) is 23.7 Å². The van der Waals surface area contributed by atoms with Crippen molar-refractivity contribution in [3.05, 3.63) is 76.5 Å². The number of aliphatic imine (C=N–C) groups is 1. The molecule has 0 saturated carbocycles. The number of ether oxygens (including phenoxy) is 1. The first-order chi connectivity index (χ1) is 18.5. The monoisotopic (exact) mass is 546 g/mol. The molecule has 0 radical (unpaired) electrons. The van der Waals surface area contributed by atoms with Crippen LogP contribution in [-0.4, -0.2) is 68.6 Å². The van der Waals surface area contributed by atoms with Crippen LogP contribution in [0.3, 0.4) is 0 Å². The van der Waals surface area contributed by atoms with Crippen LogP contribution in [0.5, 0.6) is 0 Å². The fraction of sp³-hybridized carbons (Fsp3) is 0.222. The quantitative estimate of drug-likeness (QED) is 0.483. The molecule has 0 atom stereocenters. The van der Waals surface area contributed by atoms with Crippen LogP contribution >= 0.6 is 23.4 Å². The average molecular weight is 547 g/mol. The molecular formula is C27H23ClN6O3S. The lowest BCUT2D eigenvalue weighted by atomic mass is 10.1. The van der Waals surface area contributed by atoms with E-state index in [1.54, 1.807) is 11.0 Å². The van der Waals surface area contributed by atoms with Gasteiger partial charge in [-0.3, -0.25) is 15.0 Å². The van der Waals surface area contributed by atoms with E-state index in [4.69, 9.17) is 21.7 Å². The van der Waals surface area contributed by atoms with Gasteiger partial charge in [0.1, 0.15) is 5.04 Å². The first kappa shape index (κ1) is 24.6. The van der Waals surface area contributed by atoms with Crippen molar-refractivity contribution < 1.29 is 14.3 Å². The number of nitrogens with one attached hydrogen (secondary N) is 1. The normalized spacial score (nSPS) is 18.7. The summed E-state index contributed by atoms with van der Waals surface area (Å²) < 4.78 is 7.42. The van der Waals surface area contributed by atoms with E-state index in [2.05, 4.69) is 14.7 Å². The maximum atomic E-state index is 13.0. The molecule has 2 aromatic carbocycles. The van der Waals surface area contributed by atoms with Gasteiger partial charge < -0.3 is 14.2 Å². The second-order valence-electron chi connectivity index (χ2n) is 9.04. The van der Waals surface area contributed by atoms with E-state index < -0.39 is 5.91 Å². The second kappa shape index (κ2) is 10.2. The van der Waals surface area contributed by atoms with Crippen molar-refractivity contribution in [2.75, 3.05) is 26.3 Å². The fourth-order valence-electron chi connectivity index (χ4n) is 4.62. The van der Waals surface area contributed by atoms with Gasteiger partial charge in [-0.1, -0.05) is 41.9 Å². The SMILES string of the molecule is N=C1C(=Cc2cn(Cc3ccc(Cl)cc3)c3ccccc23)C(=O)N=C2SC(CC(=O)N3CCOCC3)=NN12. The minimum absolute atomic E-state index is 0.0536. The van der Waals surface area contributed by atoms with Gasteiger partial charge in [0, 0.05) is 47.3 Å². The first-order valence-electron chi connectivity index (χ1n) is 12.1. The predicted octanol–water partition coefficient (Wildman–Crippen LogP) is 4.21. The Bertz CT molecular complexity index is 1550. The van der Waals surface area contributed by atoms with E-state index in [0.29, 0.717) is 48.1 Å². The lowest BCUT2D eigenvalue weighted by Crippen LogP contribution is -2.41. The van der Waals surface area contributed by atoms with Crippen molar-refractivity contribution >= 4 is 68.2 Å². The van der Waals surface area contributed by atoms with Crippen molar-refractivity contribution in [1.82, 2.24) is 14.5 Å². The van der Waals surface area contributed by atoms with Crippen molar-refractivity contribution in [3.63, 3.8) is 0 Å². The molecule has 0 spiro atoms. The van der Waals surface area contributed by atoms with Crippen LogP contribution in [0.15, 0.2) is 70.4 Å². The van der Waals surface area contributed by atoms with Crippen molar-refractivity contribution in [2.24, 2.45) is 10.1 Å². The van der Waals surface area contributed by atoms with Crippen molar-refractivity contribution in [3.8, 4) is 0 Å². The Morgan fingerprint density at radius 1 is 1.13 bits per heavy atom. The Morgan fingerprint density at radius 3 is 2.68 bits per heavy atom. The van der Waals surface area contributed by atoms with Crippen molar-refractivity contribution in [1.29, 1.82) is 5.41 Å². The zero-order chi connectivity index (χ0) is 26.2. The Labute approximate surface area is 227 Å². The molecule has 1 N–H and O–H groups in total. The fourth-order valence-corrected chi connectivity index (χ4v) is 5.62. The number of morpholine rings is 1. The Kier molecular flexibility index (Phi) is 6.61. The van der Waals surface area contributed by atoms with Crippen LogP contribution in [0, 0.1) is 5.41 Å². The van der Waals surface area contributed by atoms with Crippen LogP contribution in [-0.2, 0) is 20.9 Å². The summed E-state index contributed by atoms with van der Waals surface area (Å²) in [6, 6.07) is 15.6. The number of hydrazone groups is 1. The number of halogens is 1. The van der Waals surface area contributed by atoms with Gasteiger partial charge in [0.25, 0.3) is 5.91 Å². The minimum atomic E-state index is -0.501. The molecule has 0 aliphatic carbocycles. The highest BCUT2D eigenvalue weighted by molar-refractivity contribution is 8.27. The molecule has 11 heteroatoms. The summed E-state index contributed by atoms with van der Waals surface area (Å²) >= 11 is 7.20. The van der Waals surface area contributed by atoms with Crippen LogP contribution in [0.25, 0.3) is 17.0 Å². The number of rotatable bonds is 5. The molecule has 6 rings (SSSR count). The number of thioether (sulfide) groups is 1. The molecule has 0 bridgehead atoms. The first-order valence-corrected chi connectivity index (χ1v) is 13.3. The van der Waals surface area contributed by atoms with Gasteiger partial charge in [-0.15, -0.1) is 0 Å². The zero-order valence-electron chi connectivity index (χ0n) is 20.3. The van der Waals surface area contributed by atoms with Gasteiger partial charge in [-0.05, 0) is 41.6 Å². The standard InChI is InChI=1S/C27H23ClN6O3S/c28-19-7-5-17(6-8-19)15-33-16-18(20-3-1-2-4-22(20)33)13-21-25(29)34-27(30-26(21)36)38-23(31-34)14-24(35)32-9-11-37-12-10-32/h1-8,13,16,29H,9-12,14-15H2. The van der Waals surface area contributed by atoms with Crippen molar-refractivity contribution in [2.45, 2.75) is 13.0 Å². The molecule has 4 heterocycles. The number of benzene rings is 2. The van der Waals surface area contributed by atoms with E-state index in [1.165, 1.54) is 5.01 Å². The number of hydrogen-bond donors (Lipinski definition) is 1. The van der Waals surface area contributed by atoms with E-state index in [9.17, 15) is 9.59 Å². The van der Waals surface area contributed by atoms with Gasteiger partial charge in [0.05, 0.1) is 25.2 Å². The molecule has 9 nitrogen and oxygen atoms in total. The number of carbonyl (C=O) groups is 2. The van der Waals surface area contributed by atoms with Gasteiger partial charge in [-0.25, -0.2) is 0 Å². The molecule has 2 amide bonds. The highest BCUT2D eigenvalue weighted by Crippen LogP contribution is 2.31. The molecule has 0 unspecified atom stereocenters. The number of para-hydroxylation sites is 1. The summed E-state index contributed by atoms with van der Waals surface area (Å²) in [7, 11) is 0. The molecule has 3 aliphatic rings. The molecule has 3 aliphatic heterocycles. The van der Waals surface area contributed by atoms with E-state index in [1.807, 2.05) is 54.7 Å². The third-order valence-corrected chi connectivity index (χ3v) is 7.71. The number of amides is 2.